The number of pyridine rings is 1. The summed E-state index contributed by atoms with van der Waals surface area (Å²) >= 11 is 0. The number of hydrogen-bond donors (Lipinski definition) is 1. The van der Waals surface area contributed by atoms with Crippen molar-refractivity contribution in [2.45, 2.75) is 25.8 Å². The van der Waals surface area contributed by atoms with E-state index in [-0.39, 0.29) is 0 Å². The number of fused-ring (bicyclic) bond motifs is 2. The van der Waals surface area contributed by atoms with E-state index in [1.165, 1.54) is 28.6 Å². The van der Waals surface area contributed by atoms with Crippen LogP contribution in [-0.2, 0) is 19.4 Å². The van der Waals surface area contributed by atoms with Crippen LogP contribution in [-0.4, -0.2) is 19.1 Å². The van der Waals surface area contributed by atoms with Crippen molar-refractivity contribution in [3.63, 3.8) is 0 Å². The first kappa shape index (κ1) is 11.5. The summed E-state index contributed by atoms with van der Waals surface area (Å²) in [6, 6.07) is 6.15. The minimum atomic E-state index is 0.897. The third-order valence-corrected chi connectivity index (χ3v) is 3.69. The second-order valence-electron chi connectivity index (χ2n) is 4.78. The zero-order valence-corrected chi connectivity index (χ0v) is 10.9. The summed E-state index contributed by atoms with van der Waals surface area (Å²) in [6.45, 7) is 0.897. The quantitative estimate of drug-likeness (QED) is 0.897. The van der Waals surface area contributed by atoms with Gasteiger partial charge in [-0.05, 0) is 55.6 Å². The maximum absolute atomic E-state index is 5.33. The van der Waals surface area contributed by atoms with E-state index < -0.39 is 0 Å². The zero-order chi connectivity index (χ0) is 12.5. The molecular formula is C15H18N2O. The van der Waals surface area contributed by atoms with Crippen LogP contribution < -0.4 is 10.1 Å². The topological polar surface area (TPSA) is 34.2 Å². The molecule has 1 aromatic carbocycles. The first-order valence-corrected chi connectivity index (χ1v) is 6.46. The number of hydrogen-bond acceptors (Lipinski definition) is 3. The molecule has 0 spiro atoms. The second-order valence-corrected chi connectivity index (χ2v) is 4.78. The van der Waals surface area contributed by atoms with Crippen LogP contribution in [0.3, 0.4) is 0 Å². The van der Waals surface area contributed by atoms with Gasteiger partial charge in [-0.2, -0.15) is 0 Å². The Kier molecular flexibility index (Phi) is 2.92. The van der Waals surface area contributed by atoms with E-state index in [4.69, 9.17) is 9.72 Å². The van der Waals surface area contributed by atoms with E-state index in [0.717, 1.165) is 30.7 Å². The van der Waals surface area contributed by atoms with Crippen molar-refractivity contribution >= 4 is 10.9 Å². The lowest BCUT2D eigenvalue weighted by molar-refractivity contribution is 0.415. The maximum Gasteiger partial charge on any atom is 0.119 e. The van der Waals surface area contributed by atoms with E-state index in [0.29, 0.717) is 0 Å². The lowest BCUT2D eigenvalue weighted by Gasteiger charge is -2.13. The summed E-state index contributed by atoms with van der Waals surface area (Å²) < 4.78 is 5.33. The fourth-order valence-corrected chi connectivity index (χ4v) is 2.84. The predicted molar refractivity (Wildman–Crippen MR) is 73.1 cm³/mol. The van der Waals surface area contributed by atoms with Gasteiger partial charge in [0.15, 0.2) is 0 Å². The predicted octanol–water partition coefficient (Wildman–Crippen LogP) is 2.45. The smallest absolute Gasteiger partial charge is 0.119 e. The van der Waals surface area contributed by atoms with Crippen molar-refractivity contribution in [2.75, 3.05) is 14.2 Å². The number of methoxy groups -OCH3 is 1. The average Bonchev–Trinajstić information content (AvgIpc) is 2.86. The molecule has 0 saturated heterocycles. The monoisotopic (exact) mass is 242 g/mol. The largest absolute Gasteiger partial charge is 0.497 e. The Balaban J connectivity index is 2.28. The molecule has 1 aromatic heterocycles. The first-order valence-electron chi connectivity index (χ1n) is 6.46. The van der Waals surface area contributed by atoms with Gasteiger partial charge in [0.1, 0.15) is 5.75 Å². The molecule has 1 aliphatic rings. The number of ether oxygens (including phenoxy) is 1. The lowest BCUT2D eigenvalue weighted by atomic mass is 10.0. The van der Waals surface area contributed by atoms with Crippen LogP contribution in [0.2, 0.25) is 0 Å². The molecule has 3 rings (SSSR count). The molecule has 18 heavy (non-hydrogen) atoms. The van der Waals surface area contributed by atoms with Gasteiger partial charge in [-0.25, -0.2) is 0 Å². The van der Waals surface area contributed by atoms with Crippen LogP contribution in [0.5, 0.6) is 5.75 Å². The van der Waals surface area contributed by atoms with Gasteiger partial charge in [-0.1, -0.05) is 0 Å². The molecule has 0 unspecified atom stereocenters. The number of rotatable bonds is 3. The molecule has 94 valence electrons. The fraction of sp³-hybridized carbons (Fsp3) is 0.400. The molecule has 0 aliphatic heterocycles. The van der Waals surface area contributed by atoms with Crippen LogP contribution in [0.4, 0.5) is 0 Å². The van der Waals surface area contributed by atoms with Crippen molar-refractivity contribution < 1.29 is 4.74 Å². The number of benzene rings is 1. The van der Waals surface area contributed by atoms with Crippen molar-refractivity contribution in [3.8, 4) is 5.75 Å². The van der Waals surface area contributed by atoms with Gasteiger partial charge < -0.3 is 10.1 Å². The van der Waals surface area contributed by atoms with Crippen LogP contribution >= 0.6 is 0 Å². The number of nitrogens with one attached hydrogen (secondary N) is 1. The van der Waals surface area contributed by atoms with Gasteiger partial charge in [0.05, 0.1) is 12.6 Å². The molecule has 0 saturated carbocycles. The van der Waals surface area contributed by atoms with Gasteiger partial charge >= 0.3 is 0 Å². The zero-order valence-electron chi connectivity index (χ0n) is 10.9. The van der Waals surface area contributed by atoms with Crippen LogP contribution in [0.15, 0.2) is 18.2 Å². The SMILES string of the molecule is CNCc1c2c(nc3ccc(OC)cc13)CCC2. The van der Waals surface area contributed by atoms with E-state index >= 15 is 0 Å². The third-order valence-electron chi connectivity index (χ3n) is 3.69. The highest BCUT2D eigenvalue weighted by atomic mass is 16.5. The Bertz CT molecular complexity index is 593. The number of aromatic nitrogens is 1. The van der Waals surface area contributed by atoms with E-state index in [9.17, 15) is 0 Å². The third kappa shape index (κ3) is 1.75. The number of nitrogens with zero attached hydrogens (tertiary/aromatic N) is 1. The van der Waals surface area contributed by atoms with Gasteiger partial charge in [0, 0.05) is 17.6 Å². The summed E-state index contributed by atoms with van der Waals surface area (Å²) in [6.07, 6.45) is 3.51. The van der Waals surface area contributed by atoms with Crippen LogP contribution in [0.25, 0.3) is 10.9 Å². The molecule has 0 radical (unpaired) electrons. The summed E-state index contributed by atoms with van der Waals surface area (Å²) in [7, 11) is 3.70. The average molecular weight is 242 g/mol. The Hall–Kier alpha value is -1.61. The van der Waals surface area contributed by atoms with Gasteiger partial charge in [0.25, 0.3) is 0 Å². The fourth-order valence-electron chi connectivity index (χ4n) is 2.84. The molecular weight excluding hydrogens is 224 g/mol. The highest BCUT2D eigenvalue weighted by Gasteiger charge is 2.19. The van der Waals surface area contributed by atoms with Gasteiger partial charge in [-0.3, -0.25) is 4.98 Å². The molecule has 0 fully saturated rings. The highest BCUT2D eigenvalue weighted by Crippen LogP contribution is 2.31. The molecule has 3 heteroatoms. The lowest BCUT2D eigenvalue weighted by Crippen LogP contribution is -2.09. The summed E-state index contributed by atoms with van der Waals surface area (Å²) in [5.74, 6) is 0.902. The van der Waals surface area contributed by atoms with Crippen LogP contribution in [0, 0.1) is 0 Å². The van der Waals surface area contributed by atoms with E-state index in [1.807, 2.05) is 13.1 Å². The van der Waals surface area contributed by atoms with Crippen molar-refractivity contribution in [1.29, 1.82) is 0 Å². The minimum Gasteiger partial charge on any atom is -0.497 e. The Morgan fingerprint density at radius 1 is 1.33 bits per heavy atom. The van der Waals surface area contributed by atoms with Gasteiger partial charge in [0.2, 0.25) is 0 Å². The standard InChI is InChI=1S/C15H18N2O/c1-16-9-13-11-4-3-5-14(11)17-15-7-6-10(18-2)8-12(13)15/h6-8,16H,3-5,9H2,1-2H3. The maximum atomic E-state index is 5.33. The Labute approximate surface area is 107 Å². The van der Waals surface area contributed by atoms with Crippen molar-refractivity contribution in [2.24, 2.45) is 0 Å². The van der Waals surface area contributed by atoms with Crippen LogP contribution in [0.1, 0.15) is 23.2 Å². The van der Waals surface area contributed by atoms with Crippen molar-refractivity contribution in [3.05, 3.63) is 35.0 Å². The van der Waals surface area contributed by atoms with Gasteiger partial charge in [-0.15, -0.1) is 0 Å². The van der Waals surface area contributed by atoms with E-state index in [1.54, 1.807) is 7.11 Å². The minimum absolute atomic E-state index is 0.897. The molecule has 1 heterocycles. The molecule has 1 aliphatic carbocycles. The summed E-state index contributed by atoms with van der Waals surface area (Å²) in [4.78, 5) is 4.79. The van der Waals surface area contributed by atoms with Crippen molar-refractivity contribution in [1.82, 2.24) is 10.3 Å². The first-order chi connectivity index (χ1) is 8.83. The summed E-state index contributed by atoms with van der Waals surface area (Å²) in [5.41, 5.74) is 5.22. The summed E-state index contributed by atoms with van der Waals surface area (Å²) in [5, 5.41) is 4.50. The number of aryl methyl sites for hydroxylation is 1. The molecule has 2 aromatic rings. The molecule has 0 amide bonds. The molecule has 3 nitrogen and oxygen atoms in total. The second kappa shape index (κ2) is 4.58. The molecule has 0 bridgehead atoms. The molecule has 0 atom stereocenters. The highest BCUT2D eigenvalue weighted by molar-refractivity contribution is 5.85. The Morgan fingerprint density at radius 2 is 2.22 bits per heavy atom. The van der Waals surface area contributed by atoms with E-state index in [2.05, 4.69) is 17.4 Å². The Morgan fingerprint density at radius 3 is 3.00 bits per heavy atom. The molecule has 1 N–H and O–H groups in total. The normalized spacial score (nSPS) is 13.9.